The molecule has 0 spiro atoms. The normalized spacial score (nSPS) is 21.8. The highest BCUT2D eigenvalue weighted by Gasteiger charge is 2.61. The Bertz CT molecular complexity index is 1270. The molecule has 1 aromatic carbocycles. The molecule has 0 unspecified atom stereocenters. The van der Waals surface area contributed by atoms with E-state index < -0.39 is 17.2 Å². The minimum absolute atomic E-state index is 0.0410. The molecule has 1 aliphatic heterocycles. The number of hydrogen-bond donors (Lipinski definition) is 0. The molecule has 0 saturated carbocycles. The summed E-state index contributed by atoms with van der Waals surface area (Å²) in [6, 6.07) is 13.1. The summed E-state index contributed by atoms with van der Waals surface area (Å²) in [4.78, 5) is 40.1. The van der Waals surface area contributed by atoms with Crippen LogP contribution in [0, 0.1) is 5.92 Å². The molecule has 1 fully saturated rings. The number of aromatic nitrogens is 2. The summed E-state index contributed by atoms with van der Waals surface area (Å²) in [6.07, 6.45) is 4.40. The van der Waals surface area contributed by atoms with Crippen molar-refractivity contribution in [1.29, 1.82) is 0 Å². The molecule has 208 valence electrons. The van der Waals surface area contributed by atoms with E-state index >= 15 is 0 Å². The van der Waals surface area contributed by atoms with E-state index in [-0.39, 0.29) is 29.1 Å². The van der Waals surface area contributed by atoms with Crippen LogP contribution in [0.1, 0.15) is 107 Å². The summed E-state index contributed by atoms with van der Waals surface area (Å²) in [7, 11) is 0. The molecule has 0 radical (unpaired) electrons. The minimum atomic E-state index is -1.18. The molecule has 2 aromatic heterocycles. The molecule has 1 saturated heterocycles. The summed E-state index contributed by atoms with van der Waals surface area (Å²) < 4.78 is 6.09. The molecule has 0 aliphatic carbocycles. The Kier molecular flexibility index (Phi) is 8.04. The van der Waals surface area contributed by atoms with Crippen LogP contribution >= 0.6 is 11.3 Å². The van der Waals surface area contributed by atoms with E-state index in [1.165, 1.54) is 11.3 Å². The van der Waals surface area contributed by atoms with Gasteiger partial charge in [0.1, 0.15) is 16.1 Å². The first-order chi connectivity index (χ1) is 18.2. The number of amides is 1. The number of pyridine rings is 1. The van der Waals surface area contributed by atoms with Gasteiger partial charge in [0.15, 0.2) is 0 Å². The predicted molar refractivity (Wildman–Crippen MR) is 156 cm³/mol. The third-order valence-corrected chi connectivity index (χ3v) is 8.04. The number of hydrogen-bond acceptors (Lipinski definition) is 6. The quantitative estimate of drug-likeness (QED) is 0.302. The van der Waals surface area contributed by atoms with Crippen LogP contribution in [0.2, 0.25) is 0 Å². The van der Waals surface area contributed by atoms with Crippen LogP contribution in [0.4, 0.5) is 0 Å². The second-order valence-corrected chi connectivity index (χ2v) is 13.9. The second-order valence-electron chi connectivity index (χ2n) is 13.0. The van der Waals surface area contributed by atoms with Crippen molar-refractivity contribution < 1.29 is 14.3 Å². The van der Waals surface area contributed by atoms with Crippen LogP contribution in [-0.2, 0) is 14.9 Å². The molecule has 6 nitrogen and oxygen atoms in total. The number of carbonyl (C=O) groups is 2. The Balaban J connectivity index is 1.93. The minimum Gasteiger partial charge on any atom is -0.458 e. The lowest BCUT2D eigenvalue weighted by molar-refractivity contribution is -0.168. The zero-order valence-corrected chi connectivity index (χ0v) is 25.2. The first-order valence-electron chi connectivity index (χ1n) is 13.7. The molecule has 3 aromatic rings. The molecule has 3 heterocycles. The molecule has 1 amide bonds. The average molecular weight is 548 g/mol. The Morgan fingerprint density at radius 2 is 1.72 bits per heavy atom. The van der Waals surface area contributed by atoms with Gasteiger partial charge in [-0.05, 0) is 74.8 Å². The molecule has 4 rings (SSSR count). The lowest BCUT2D eigenvalue weighted by Gasteiger charge is -2.41. The van der Waals surface area contributed by atoms with Gasteiger partial charge in [-0.25, -0.2) is 9.78 Å². The van der Waals surface area contributed by atoms with E-state index in [2.05, 4.69) is 39.6 Å². The number of ether oxygens (including phenoxy) is 1. The van der Waals surface area contributed by atoms with Crippen LogP contribution in [0.25, 0.3) is 0 Å². The van der Waals surface area contributed by atoms with Crippen molar-refractivity contribution in [2.45, 2.75) is 96.7 Å². The maximum Gasteiger partial charge on any atom is 0.332 e. The van der Waals surface area contributed by atoms with Gasteiger partial charge in [-0.2, -0.15) is 0 Å². The monoisotopic (exact) mass is 547 g/mol. The fourth-order valence-corrected chi connectivity index (χ4v) is 6.40. The van der Waals surface area contributed by atoms with Gasteiger partial charge in [0.25, 0.3) is 5.91 Å². The van der Waals surface area contributed by atoms with Crippen LogP contribution in [0.5, 0.6) is 0 Å². The van der Waals surface area contributed by atoms with Crippen LogP contribution in [-0.4, -0.2) is 37.9 Å². The maximum atomic E-state index is 14.6. The highest BCUT2D eigenvalue weighted by atomic mass is 32.1. The van der Waals surface area contributed by atoms with Gasteiger partial charge in [-0.15, -0.1) is 11.3 Å². The molecule has 0 bridgehead atoms. The standard InChI is InChI=1S/C32H41N3O3S/c1-21(2)19-32(29(37)38-31(6,7)8)20-24(25-11-9-10-16-33-25)26(27-34-17-18-39-27)35(32)28(36)22-12-14-23(15-13-22)30(3,4)5/h9-18,21,24,26H,19-20H2,1-8H3/t24-,26-,32+/m1/s1. The van der Waals surface area contributed by atoms with Crippen molar-refractivity contribution in [3.05, 3.63) is 82.1 Å². The first kappa shape index (κ1) is 28.9. The summed E-state index contributed by atoms with van der Waals surface area (Å²) in [5.41, 5.74) is 0.601. The van der Waals surface area contributed by atoms with E-state index in [0.717, 1.165) is 16.3 Å². The molecule has 0 N–H and O–H groups in total. The Morgan fingerprint density at radius 3 is 2.23 bits per heavy atom. The average Bonchev–Trinajstić information content (AvgIpc) is 3.49. The molecular weight excluding hydrogens is 506 g/mol. The number of carbonyl (C=O) groups excluding carboxylic acids is 2. The number of nitrogens with zero attached hydrogens (tertiary/aromatic N) is 3. The zero-order valence-electron chi connectivity index (χ0n) is 24.4. The van der Waals surface area contributed by atoms with E-state index in [0.29, 0.717) is 18.4 Å². The van der Waals surface area contributed by atoms with E-state index in [1.54, 1.807) is 17.3 Å². The zero-order chi connectivity index (χ0) is 28.6. The maximum absolute atomic E-state index is 14.6. The van der Waals surface area contributed by atoms with Gasteiger partial charge in [-0.1, -0.05) is 52.8 Å². The fourth-order valence-electron chi connectivity index (χ4n) is 5.61. The molecule has 1 aliphatic rings. The van der Waals surface area contributed by atoms with Gasteiger partial charge in [-0.3, -0.25) is 9.78 Å². The second kappa shape index (κ2) is 10.8. The molecule has 7 heteroatoms. The Morgan fingerprint density at radius 1 is 1.03 bits per heavy atom. The van der Waals surface area contributed by atoms with Crippen molar-refractivity contribution in [3.63, 3.8) is 0 Å². The van der Waals surface area contributed by atoms with Crippen LogP contribution < -0.4 is 0 Å². The third-order valence-electron chi connectivity index (χ3n) is 7.19. The Labute approximate surface area is 236 Å². The molecular formula is C32H41N3O3S. The van der Waals surface area contributed by atoms with Gasteiger partial charge in [0, 0.05) is 34.9 Å². The van der Waals surface area contributed by atoms with Crippen molar-refractivity contribution >= 4 is 23.2 Å². The lowest BCUT2D eigenvalue weighted by Crippen LogP contribution is -2.56. The first-order valence-corrected chi connectivity index (χ1v) is 14.6. The van der Waals surface area contributed by atoms with E-state index in [1.807, 2.05) is 68.6 Å². The highest BCUT2D eigenvalue weighted by molar-refractivity contribution is 7.09. The number of esters is 1. The largest absolute Gasteiger partial charge is 0.458 e. The summed E-state index contributed by atoms with van der Waals surface area (Å²) in [5, 5.41) is 2.71. The van der Waals surface area contributed by atoms with Crippen LogP contribution in [0.3, 0.4) is 0 Å². The SMILES string of the molecule is CC(C)C[C@@]1(C(=O)OC(C)(C)C)C[C@H](c2ccccn2)[C@H](c2nccs2)N1C(=O)c1ccc(C(C)(C)C)cc1. The molecule has 39 heavy (non-hydrogen) atoms. The van der Waals surface area contributed by atoms with Crippen molar-refractivity contribution in [2.24, 2.45) is 5.92 Å². The molecule has 3 atom stereocenters. The van der Waals surface area contributed by atoms with Crippen LogP contribution in [0.15, 0.2) is 60.2 Å². The topological polar surface area (TPSA) is 72.4 Å². The van der Waals surface area contributed by atoms with E-state index in [4.69, 9.17) is 9.72 Å². The summed E-state index contributed by atoms with van der Waals surface area (Å²) in [6.45, 7) is 16.2. The van der Waals surface area contributed by atoms with Gasteiger partial charge < -0.3 is 9.64 Å². The lowest BCUT2D eigenvalue weighted by atomic mass is 9.82. The van der Waals surface area contributed by atoms with Crippen molar-refractivity contribution in [1.82, 2.24) is 14.9 Å². The highest BCUT2D eigenvalue weighted by Crippen LogP contribution is 2.55. The van der Waals surface area contributed by atoms with Crippen molar-refractivity contribution in [2.75, 3.05) is 0 Å². The van der Waals surface area contributed by atoms with Gasteiger partial charge in [0.2, 0.25) is 0 Å². The number of rotatable bonds is 6. The predicted octanol–water partition coefficient (Wildman–Crippen LogP) is 7.33. The van der Waals surface area contributed by atoms with E-state index in [9.17, 15) is 9.59 Å². The van der Waals surface area contributed by atoms with Gasteiger partial charge in [0.05, 0.1) is 6.04 Å². The summed E-state index contributed by atoms with van der Waals surface area (Å²) >= 11 is 1.50. The Hall–Kier alpha value is -3.06. The number of thiazole rings is 1. The van der Waals surface area contributed by atoms with Gasteiger partial charge >= 0.3 is 5.97 Å². The number of likely N-dealkylation sites (tertiary alicyclic amines) is 1. The summed E-state index contributed by atoms with van der Waals surface area (Å²) in [5.74, 6) is -0.652. The number of benzene rings is 1. The fraction of sp³-hybridized carbons (Fsp3) is 0.500. The van der Waals surface area contributed by atoms with Crippen molar-refractivity contribution in [3.8, 4) is 0 Å². The third kappa shape index (κ3) is 6.08. The smallest absolute Gasteiger partial charge is 0.332 e.